The summed E-state index contributed by atoms with van der Waals surface area (Å²) < 4.78 is 5.16. The first-order valence-electron chi connectivity index (χ1n) is 6.34. The summed E-state index contributed by atoms with van der Waals surface area (Å²) in [6, 6.07) is 9.98. The highest BCUT2D eigenvalue weighted by molar-refractivity contribution is 5.79. The summed E-state index contributed by atoms with van der Waals surface area (Å²) in [5.41, 5.74) is 1.14. The predicted molar refractivity (Wildman–Crippen MR) is 68.3 cm³/mol. The number of amides is 1. The summed E-state index contributed by atoms with van der Waals surface area (Å²) in [6.07, 6.45) is 0.453. The van der Waals surface area contributed by atoms with Crippen molar-refractivity contribution >= 4 is 5.91 Å². The molecule has 0 spiro atoms. The van der Waals surface area contributed by atoms with Crippen molar-refractivity contribution in [2.24, 2.45) is 0 Å². The van der Waals surface area contributed by atoms with E-state index in [9.17, 15) is 4.79 Å². The molecule has 2 heterocycles. The zero-order valence-electron chi connectivity index (χ0n) is 10.7. The Labute approximate surface area is 111 Å². The molecule has 0 radical (unpaired) electrons. The van der Waals surface area contributed by atoms with Crippen molar-refractivity contribution < 1.29 is 9.32 Å². The number of aromatic nitrogens is 2. The molecule has 98 valence electrons. The van der Waals surface area contributed by atoms with Gasteiger partial charge in [-0.2, -0.15) is 4.98 Å². The normalized spacial score (nSPS) is 19.1. The molecule has 1 amide bonds. The number of benzene rings is 1. The lowest BCUT2D eigenvalue weighted by Gasteiger charge is -2.15. The Morgan fingerprint density at radius 1 is 1.37 bits per heavy atom. The third kappa shape index (κ3) is 2.50. The van der Waals surface area contributed by atoms with Crippen molar-refractivity contribution in [1.29, 1.82) is 0 Å². The van der Waals surface area contributed by atoms with Gasteiger partial charge in [-0.05, 0) is 12.5 Å². The van der Waals surface area contributed by atoms with Crippen LogP contribution >= 0.6 is 0 Å². The SMILES string of the molecule is Cc1noc(C2CC(=O)N(Cc3ccccc3)C2)n1. The number of likely N-dealkylation sites (tertiary alicyclic amines) is 1. The number of carbonyl (C=O) groups excluding carboxylic acids is 1. The highest BCUT2D eigenvalue weighted by Gasteiger charge is 2.33. The van der Waals surface area contributed by atoms with Gasteiger partial charge in [0.15, 0.2) is 5.82 Å². The topological polar surface area (TPSA) is 59.2 Å². The zero-order chi connectivity index (χ0) is 13.2. The summed E-state index contributed by atoms with van der Waals surface area (Å²) in [7, 11) is 0. The van der Waals surface area contributed by atoms with Crippen LogP contribution in [0.5, 0.6) is 0 Å². The molecule has 1 fully saturated rings. The van der Waals surface area contributed by atoms with Gasteiger partial charge in [-0.15, -0.1) is 0 Å². The highest BCUT2D eigenvalue weighted by atomic mass is 16.5. The monoisotopic (exact) mass is 257 g/mol. The third-order valence-corrected chi connectivity index (χ3v) is 3.32. The average molecular weight is 257 g/mol. The van der Waals surface area contributed by atoms with E-state index >= 15 is 0 Å². The molecule has 2 aromatic rings. The number of hydrogen-bond acceptors (Lipinski definition) is 4. The van der Waals surface area contributed by atoms with Crippen LogP contribution in [-0.4, -0.2) is 27.5 Å². The molecule has 0 N–H and O–H groups in total. The molecule has 5 nitrogen and oxygen atoms in total. The summed E-state index contributed by atoms with van der Waals surface area (Å²) in [5.74, 6) is 1.35. The van der Waals surface area contributed by atoms with E-state index < -0.39 is 0 Å². The van der Waals surface area contributed by atoms with Gasteiger partial charge in [0, 0.05) is 19.5 Å². The molecule has 1 unspecified atom stereocenters. The van der Waals surface area contributed by atoms with Gasteiger partial charge in [-0.3, -0.25) is 4.79 Å². The van der Waals surface area contributed by atoms with Gasteiger partial charge in [-0.25, -0.2) is 0 Å². The van der Waals surface area contributed by atoms with Gasteiger partial charge in [0.05, 0.1) is 5.92 Å². The minimum atomic E-state index is 0.0254. The second kappa shape index (κ2) is 4.84. The smallest absolute Gasteiger partial charge is 0.232 e. The van der Waals surface area contributed by atoms with Crippen molar-refractivity contribution in [2.45, 2.75) is 25.8 Å². The Balaban J connectivity index is 1.70. The second-order valence-corrected chi connectivity index (χ2v) is 4.84. The fraction of sp³-hybridized carbons (Fsp3) is 0.357. The molecule has 1 aliphatic rings. The van der Waals surface area contributed by atoms with Crippen LogP contribution < -0.4 is 0 Å². The molecule has 1 saturated heterocycles. The van der Waals surface area contributed by atoms with Crippen LogP contribution in [0.3, 0.4) is 0 Å². The Morgan fingerprint density at radius 2 is 2.16 bits per heavy atom. The minimum Gasteiger partial charge on any atom is -0.339 e. The van der Waals surface area contributed by atoms with Crippen molar-refractivity contribution in [3.8, 4) is 0 Å². The minimum absolute atomic E-state index is 0.0254. The molecule has 0 saturated carbocycles. The van der Waals surface area contributed by atoms with Crippen molar-refractivity contribution in [3.63, 3.8) is 0 Å². The third-order valence-electron chi connectivity index (χ3n) is 3.32. The van der Waals surface area contributed by atoms with E-state index in [1.165, 1.54) is 0 Å². The molecule has 0 bridgehead atoms. The van der Waals surface area contributed by atoms with Crippen LogP contribution in [-0.2, 0) is 11.3 Å². The van der Waals surface area contributed by atoms with Crippen molar-refractivity contribution in [3.05, 3.63) is 47.6 Å². The van der Waals surface area contributed by atoms with Crippen LogP contribution in [0, 0.1) is 6.92 Å². The van der Waals surface area contributed by atoms with Crippen LogP contribution in [0.15, 0.2) is 34.9 Å². The van der Waals surface area contributed by atoms with Crippen molar-refractivity contribution in [1.82, 2.24) is 15.0 Å². The fourth-order valence-electron chi connectivity index (χ4n) is 2.37. The number of hydrogen-bond donors (Lipinski definition) is 0. The van der Waals surface area contributed by atoms with Crippen LogP contribution in [0.2, 0.25) is 0 Å². The first-order chi connectivity index (χ1) is 9.22. The second-order valence-electron chi connectivity index (χ2n) is 4.84. The molecule has 1 atom stereocenters. The van der Waals surface area contributed by atoms with Crippen LogP contribution in [0.1, 0.15) is 29.6 Å². The highest BCUT2D eigenvalue weighted by Crippen LogP contribution is 2.27. The number of nitrogens with zero attached hydrogens (tertiary/aromatic N) is 3. The van der Waals surface area contributed by atoms with E-state index in [1.54, 1.807) is 6.92 Å². The Hall–Kier alpha value is -2.17. The fourth-order valence-corrected chi connectivity index (χ4v) is 2.37. The Kier molecular flexibility index (Phi) is 3.03. The summed E-state index contributed by atoms with van der Waals surface area (Å²) in [5, 5.41) is 3.78. The predicted octanol–water partition coefficient (Wildman–Crippen LogP) is 1.89. The number of carbonyl (C=O) groups is 1. The van der Waals surface area contributed by atoms with Gasteiger partial charge in [0.2, 0.25) is 11.8 Å². The summed E-state index contributed by atoms with van der Waals surface area (Å²) >= 11 is 0. The maximum Gasteiger partial charge on any atom is 0.232 e. The molecule has 5 heteroatoms. The van der Waals surface area contributed by atoms with E-state index in [4.69, 9.17) is 4.52 Å². The van der Waals surface area contributed by atoms with E-state index in [0.717, 1.165) is 5.56 Å². The Morgan fingerprint density at radius 3 is 2.84 bits per heavy atom. The first-order valence-corrected chi connectivity index (χ1v) is 6.34. The first kappa shape index (κ1) is 11.9. The van der Waals surface area contributed by atoms with Gasteiger partial charge >= 0.3 is 0 Å². The van der Waals surface area contributed by atoms with Gasteiger partial charge in [0.25, 0.3) is 0 Å². The molecule has 1 aliphatic heterocycles. The number of rotatable bonds is 3. The number of aryl methyl sites for hydroxylation is 1. The van der Waals surface area contributed by atoms with Gasteiger partial charge in [-0.1, -0.05) is 35.5 Å². The van der Waals surface area contributed by atoms with E-state index in [-0.39, 0.29) is 11.8 Å². The molecule has 1 aromatic carbocycles. The van der Waals surface area contributed by atoms with E-state index in [0.29, 0.717) is 31.2 Å². The molecule has 19 heavy (non-hydrogen) atoms. The summed E-state index contributed by atoms with van der Waals surface area (Å²) in [4.78, 5) is 18.1. The Bertz CT molecular complexity index is 579. The largest absolute Gasteiger partial charge is 0.339 e. The van der Waals surface area contributed by atoms with Gasteiger partial charge in [0.1, 0.15) is 0 Å². The van der Waals surface area contributed by atoms with Crippen LogP contribution in [0.4, 0.5) is 0 Å². The lowest BCUT2D eigenvalue weighted by atomic mass is 10.1. The van der Waals surface area contributed by atoms with Crippen molar-refractivity contribution in [2.75, 3.05) is 6.54 Å². The molecular formula is C14H15N3O2. The lowest BCUT2D eigenvalue weighted by Crippen LogP contribution is -2.24. The molecule has 3 rings (SSSR count). The zero-order valence-corrected chi connectivity index (χ0v) is 10.7. The van der Waals surface area contributed by atoms with Crippen LogP contribution in [0.25, 0.3) is 0 Å². The lowest BCUT2D eigenvalue weighted by molar-refractivity contribution is -0.128. The van der Waals surface area contributed by atoms with E-state index in [2.05, 4.69) is 10.1 Å². The maximum absolute atomic E-state index is 12.0. The summed E-state index contributed by atoms with van der Waals surface area (Å²) in [6.45, 7) is 3.07. The standard InChI is InChI=1S/C14H15N3O2/c1-10-15-14(19-16-10)12-7-13(18)17(9-12)8-11-5-3-2-4-6-11/h2-6,12H,7-9H2,1H3. The van der Waals surface area contributed by atoms with E-state index in [1.807, 2.05) is 35.2 Å². The maximum atomic E-state index is 12.0. The molecule has 1 aromatic heterocycles. The molecule has 0 aliphatic carbocycles. The molecular weight excluding hydrogens is 242 g/mol. The van der Waals surface area contributed by atoms with Gasteiger partial charge < -0.3 is 9.42 Å². The average Bonchev–Trinajstić information content (AvgIpc) is 2.98. The quantitative estimate of drug-likeness (QED) is 0.842.